The first kappa shape index (κ1) is 19.0. The summed E-state index contributed by atoms with van der Waals surface area (Å²) in [6, 6.07) is 8.47. The molecule has 0 radical (unpaired) electrons. The van der Waals surface area contributed by atoms with Gasteiger partial charge in [0.25, 0.3) is 0 Å². The van der Waals surface area contributed by atoms with Gasteiger partial charge in [0.1, 0.15) is 11.9 Å². The zero-order valence-electron chi connectivity index (χ0n) is 15.6. The SMILES string of the molecule is C=Cc1ccc(/C=C/C2CCC(c3ccc(C4CO4)c(F)c3F)CC2)cc1F. The van der Waals surface area contributed by atoms with Gasteiger partial charge in [0, 0.05) is 11.1 Å². The largest absolute Gasteiger partial charge is 0.368 e. The predicted octanol–water partition coefficient (Wildman–Crippen LogP) is 6.81. The summed E-state index contributed by atoms with van der Waals surface area (Å²) in [5, 5.41) is 0. The van der Waals surface area contributed by atoms with Crippen LogP contribution in [0.5, 0.6) is 0 Å². The molecule has 2 fully saturated rings. The second kappa shape index (κ2) is 7.96. The van der Waals surface area contributed by atoms with Crippen molar-refractivity contribution in [1.82, 2.24) is 0 Å². The molecule has 0 aromatic heterocycles. The van der Waals surface area contributed by atoms with E-state index in [4.69, 9.17) is 4.74 Å². The molecule has 1 nitrogen and oxygen atoms in total. The summed E-state index contributed by atoms with van der Waals surface area (Å²) in [4.78, 5) is 0. The van der Waals surface area contributed by atoms with Crippen molar-refractivity contribution in [2.45, 2.75) is 37.7 Å². The van der Waals surface area contributed by atoms with E-state index in [9.17, 15) is 13.2 Å². The molecule has 4 rings (SSSR count). The maximum absolute atomic E-state index is 14.5. The summed E-state index contributed by atoms with van der Waals surface area (Å²) in [6.45, 7) is 4.05. The second-order valence-electron chi connectivity index (χ2n) is 7.65. The number of hydrogen-bond donors (Lipinski definition) is 0. The number of rotatable bonds is 5. The van der Waals surface area contributed by atoms with Gasteiger partial charge in [-0.1, -0.05) is 49.1 Å². The molecule has 1 aliphatic carbocycles. The van der Waals surface area contributed by atoms with Gasteiger partial charge in [-0.15, -0.1) is 0 Å². The maximum Gasteiger partial charge on any atom is 0.165 e. The van der Waals surface area contributed by atoms with Crippen LogP contribution >= 0.6 is 0 Å². The first-order valence-corrected chi connectivity index (χ1v) is 9.76. The molecule has 28 heavy (non-hydrogen) atoms. The van der Waals surface area contributed by atoms with Crippen LogP contribution in [0.4, 0.5) is 13.2 Å². The van der Waals surface area contributed by atoms with Crippen molar-refractivity contribution in [1.29, 1.82) is 0 Å². The van der Waals surface area contributed by atoms with Crippen LogP contribution in [0.1, 0.15) is 60.0 Å². The van der Waals surface area contributed by atoms with Gasteiger partial charge in [-0.3, -0.25) is 0 Å². The summed E-state index contributed by atoms with van der Waals surface area (Å²) in [7, 11) is 0. The lowest BCUT2D eigenvalue weighted by molar-refractivity contribution is 0.361. The van der Waals surface area contributed by atoms with Gasteiger partial charge < -0.3 is 4.74 Å². The third-order valence-electron chi connectivity index (χ3n) is 5.84. The normalized spacial score (nSPS) is 24.5. The Hall–Kier alpha value is -2.33. The molecule has 0 N–H and O–H groups in total. The fourth-order valence-corrected chi connectivity index (χ4v) is 4.05. The van der Waals surface area contributed by atoms with E-state index >= 15 is 0 Å². The molecule has 0 spiro atoms. The molecule has 1 saturated carbocycles. The lowest BCUT2D eigenvalue weighted by Gasteiger charge is -2.27. The maximum atomic E-state index is 14.5. The van der Waals surface area contributed by atoms with Crippen LogP contribution in [-0.4, -0.2) is 6.61 Å². The lowest BCUT2D eigenvalue weighted by Crippen LogP contribution is -2.14. The van der Waals surface area contributed by atoms with Gasteiger partial charge in [0.2, 0.25) is 0 Å². The number of halogens is 3. The summed E-state index contributed by atoms with van der Waals surface area (Å²) in [5.41, 5.74) is 2.11. The van der Waals surface area contributed by atoms with E-state index in [0.717, 1.165) is 31.2 Å². The van der Waals surface area contributed by atoms with Gasteiger partial charge in [-0.05, 0) is 54.7 Å². The third-order valence-corrected chi connectivity index (χ3v) is 5.84. The van der Waals surface area contributed by atoms with Crippen molar-refractivity contribution in [2.75, 3.05) is 6.61 Å². The topological polar surface area (TPSA) is 12.5 Å². The summed E-state index contributed by atoms with van der Waals surface area (Å²) >= 11 is 0. The van der Waals surface area contributed by atoms with Crippen molar-refractivity contribution in [3.05, 3.63) is 82.7 Å². The Morgan fingerprint density at radius 2 is 1.61 bits per heavy atom. The highest BCUT2D eigenvalue weighted by molar-refractivity contribution is 5.55. The lowest BCUT2D eigenvalue weighted by atomic mass is 9.78. The van der Waals surface area contributed by atoms with E-state index in [0.29, 0.717) is 29.2 Å². The van der Waals surface area contributed by atoms with Gasteiger partial charge in [0.15, 0.2) is 11.6 Å². The number of hydrogen-bond acceptors (Lipinski definition) is 1. The Labute approximate surface area is 163 Å². The molecule has 0 amide bonds. The molecular weight excluding hydrogens is 361 g/mol. The first-order chi connectivity index (χ1) is 13.6. The first-order valence-electron chi connectivity index (χ1n) is 9.76. The van der Waals surface area contributed by atoms with Crippen molar-refractivity contribution in [3.8, 4) is 0 Å². The molecule has 2 aliphatic rings. The quantitative estimate of drug-likeness (QED) is 0.516. The monoisotopic (exact) mass is 384 g/mol. The minimum absolute atomic E-state index is 0.0395. The molecule has 146 valence electrons. The van der Waals surface area contributed by atoms with E-state index in [1.165, 1.54) is 12.1 Å². The molecule has 0 bridgehead atoms. The average Bonchev–Trinajstić information content (AvgIpc) is 3.54. The summed E-state index contributed by atoms with van der Waals surface area (Å²) in [5.74, 6) is -1.35. The minimum atomic E-state index is -0.757. The van der Waals surface area contributed by atoms with Gasteiger partial charge >= 0.3 is 0 Å². The van der Waals surface area contributed by atoms with Gasteiger partial charge in [-0.2, -0.15) is 0 Å². The zero-order chi connectivity index (χ0) is 19.7. The van der Waals surface area contributed by atoms with E-state index in [1.54, 1.807) is 18.2 Å². The average molecular weight is 384 g/mol. The van der Waals surface area contributed by atoms with Crippen LogP contribution in [0.2, 0.25) is 0 Å². The predicted molar refractivity (Wildman–Crippen MR) is 105 cm³/mol. The van der Waals surface area contributed by atoms with Crippen LogP contribution in [0, 0.1) is 23.4 Å². The van der Waals surface area contributed by atoms with Crippen LogP contribution in [0.25, 0.3) is 12.2 Å². The smallest absolute Gasteiger partial charge is 0.165 e. The van der Waals surface area contributed by atoms with Crippen molar-refractivity contribution < 1.29 is 17.9 Å². The highest BCUT2D eigenvalue weighted by Gasteiger charge is 2.32. The molecule has 4 heteroatoms. The fourth-order valence-electron chi connectivity index (χ4n) is 4.05. The molecule has 1 atom stereocenters. The van der Waals surface area contributed by atoms with Gasteiger partial charge in [-0.25, -0.2) is 13.2 Å². The molecular formula is C24H23F3O. The van der Waals surface area contributed by atoms with Crippen molar-refractivity contribution in [3.63, 3.8) is 0 Å². The summed E-state index contributed by atoms with van der Waals surface area (Å²) in [6.07, 6.45) is 8.69. The van der Waals surface area contributed by atoms with Crippen LogP contribution in [0.15, 0.2) is 43.0 Å². The standard InChI is InChI=1S/C24H23F3O/c1-2-17-8-7-16(13-21(17)25)4-3-15-5-9-18(10-6-15)19-11-12-20(22-14-28-22)24(27)23(19)26/h2-4,7-8,11-13,15,18,22H,1,5-6,9-10,14H2/b4-3+. The number of allylic oxidation sites excluding steroid dienone is 1. The third kappa shape index (κ3) is 3.93. The van der Waals surface area contributed by atoms with E-state index < -0.39 is 11.6 Å². The van der Waals surface area contributed by atoms with E-state index in [1.807, 2.05) is 12.1 Å². The van der Waals surface area contributed by atoms with E-state index in [2.05, 4.69) is 12.7 Å². The molecule has 1 saturated heterocycles. The molecule has 1 heterocycles. The Balaban J connectivity index is 1.39. The van der Waals surface area contributed by atoms with Crippen molar-refractivity contribution >= 4 is 12.2 Å². The van der Waals surface area contributed by atoms with Gasteiger partial charge in [0.05, 0.1) is 6.61 Å². The Kier molecular flexibility index (Phi) is 5.40. The number of benzene rings is 2. The Morgan fingerprint density at radius 3 is 2.25 bits per heavy atom. The highest BCUT2D eigenvalue weighted by atomic mass is 19.2. The molecule has 2 aromatic carbocycles. The number of epoxide rings is 1. The number of ether oxygens (including phenoxy) is 1. The fraction of sp³-hybridized carbons (Fsp3) is 0.333. The van der Waals surface area contributed by atoms with Crippen molar-refractivity contribution in [2.24, 2.45) is 5.92 Å². The zero-order valence-corrected chi connectivity index (χ0v) is 15.6. The highest BCUT2D eigenvalue weighted by Crippen LogP contribution is 2.40. The Morgan fingerprint density at radius 1 is 0.929 bits per heavy atom. The van der Waals surface area contributed by atoms with E-state index in [-0.39, 0.29) is 17.8 Å². The Bertz CT molecular complexity index is 906. The second-order valence-corrected chi connectivity index (χ2v) is 7.65. The van der Waals surface area contributed by atoms with Crippen LogP contribution in [-0.2, 0) is 4.74 Å². The molecule has 1 aliphatic heterocycles. The molecule has 2 aromatic rings. The van der Waals surface area contributed by atoms with Crippen LogP contribution in [0.3, 0.4) is 0 Å². The molecule has 1 unspecified atom stereocenters. The summed E-state index contributed by atoms with van der Waals surface area (Å²) < 4.78 is 47.7. The van der Waals surface area contributed by atoms with Crippen LogP contribution < -0.4 is 0 Å². The minimum Gasteiger partial charge on any atom is -0.368 e.